The van der Waals surface area contributed by atoms with E-state index in [1.165, 1.54) is 20.3 Å². The van der Waals surface area contributed by atoms with E-state index in [2.05, 4.69) is 38.2 Å². The van der Waals surface area contributed by atoms with Gasteiger partial charge in [-0.3, -0.25) is 9.59 Å². The van der Waals surface area contributed by atoms with Crippen LogP contribution in [0, 0.1) is 0 Å². The third kappa shape index (κ3) is 5.89. The first-order chi connectivity index (χ1) is 19.9. The van der Waals surface area contributed by atoms with Crippen LogP contribution in [0.3, 0.4) is 0 Å². The minimum absolute atomic E-state index is 0.0632. The number of carbonyl (C=O) groups excluding carboxylic acids is 2. The van der Waals surface area contributed by atoms with E-state index in [-0.39, 0.29) is 33.0 Å². The molecule has 224 valence electrons. The molecule has 0 saturated heterocycles. The number of benzene rings is 3. The zero-order valence-corrected chi connectivity index (χ0v) is 26.3. The van der Waals surface area contributed by atoms with Crippen molar-refractivity contribution in [1.82, 2.24) is 0 Å². The van der Waals surface area contributed by atoms with Gasteiger partial charge in [0, 0.05) is 29.3 Å². The maximum atomic E-state index is 13.6. The lowest BCUT2D eigenvalue weighted by Gasteiger charge is -2.51. The maximum Gasteiger partial charge on any atom is 0.263 e. The van der Waals surface area contributed by atoms with Crippen LogP contribution in [-0.4, -0.2) is 44.7 Å². The number of rotatable bonds is 9. The summed E-state index contributed by atoms with van der Waals surface area (Å²) in [6, 6.07) is 15.0. The number of nitrogens with one attached hydrogen (secondary N) is 1. The van der Waals surface area contributed by atoms with Crippen molar-refractivity contribution in [2.24, 2.45) is 5.73 Å². The number of methoxy groups -OCH3 is 2. The second-order valence-corrected chi connectivity index (χ2v) is 12.0. The van der Waals surface area contributed by atoms with Crippen LogP contribution in [0.1, 0.15) is 62.0 Å². The number of anilines is 2. The molecule has 1 aliphatic rings. The molecule has 0 bridgehead atoms. The number of carbonyl (C=O) groups is 2. The molecule has 2 amide bonds. The van der Waals surface area contributed by atoms with E-state index < -0.39 is 16.9 Å². The van der Waals surface area contributed by atoms with Crippen molar-refractivity contribution in [3.8, 4) is 17.2 Å². The summed E-state index contributed by atoms with van der Waals surface area (Å²) in [7, 11) is 2.84. The van der Waals surface area contributed by atoms with Crippen LogP contribution in [0.2, 0.25) is 10.0 Å². The zero-order chi connectivity index (χ0) is 30.8. The zero-order valence-electron chi connectivity index (χ0n) is 24.8. The number of hydrogen-bond acceptors (Lipinski definition) is 6. The molecule has 0 fully saturated rings. The highest BCUT2D eigenvalue weighted by Crippen LogP contribution is 2.51. The molecule has 1 aliphatic heterocycles. The van der Waals surface area contributed by atoms with E-state index >= 15 is 0 Å². The molecular formula is C32H37Cl2N3O5. The number of nitrogens with zero attached hydrogens (tertiary/aromatic N) is 1. The number of amides is 2. The minimum Gasteiger partial charge on any atom is -0.494 e. The first kappa shape index (κ1) is 31.5. The average molecular weight is 615 g/mol. The van der Waals surface area contributed by atoms with Crippen molar-refractivity contribution in [3.63, 3.8) is 0 Å². The normalized spacial score (nSPS) is 17.3. The molecule has 8 nitrogen and oxygen atoms in total. The predicted molar refractivity (Wildman–Crippen MR) is 168 cm³/mol. The van der Waals surface area contributed by atoms with Crippen molar-refractivity contribution in [3.05, 3.63) is 75.3 Å². The van der Waals surface area contributed by atoms with E-state index in [4.69, 9.17) is 43.1 Å². The van der Waals surface area contributed by atoms with Crippen LogP contribution < -0.4 is 30.2 Å². The van der Waals surface area contributed by atoms with Crippen LogP contribution in [0.25, 0.3) is 0 Å². The first-order valence-corrected chi connectivity index (χ1v) is 14.4. The van der Waals surface area contributed by atoms with Gasteiger partial charge in [0.15, 0.2) is 11.5 Å². The Bertz CT molecular complexity index is 1460. The fourth-order valence-electron chi connectivity index (χ4n) is 6.05. The van der Waals surface area contributed by atoms with Crippen LogP contribution in [0.5, 0.6) is 17.2 Å². The molecule has 3 aromatic rings. The molecule has 3 N–H and O–H groups in total. The lowest BCUT2D eigenvalue weighted by Crippen LogP contribution is -2.55. The van der Waals surface area contributed by atoms with E-state index in [1.54, 1.807) is 13.0 Å². The molecule has 1 atom stereocenters. The fraction of sp³-hybridized carbons (Fsp3) is 0.375. The van der Waals surface area contributed by atoms with Crippen LogP contribution in [0.15, 0.2) is 48.5 Å². The van der Waals surface area contributed by atoms with Crippen molar-refractivity contribution < 1.29 is 23.8 Å². The van der Waals surface area contributed by atoms with Gasteiger partial charge in [-0.15, -0.1) is 0 Å². The number of halogens is 2. The van der Waals surface area contributed by atoms with Gasteiger partial charge >= 0.3 is 0 Å². The van der Waals surface area contributed by atoms with Crippen molar-refractivity contribution >= 4 is 46.4 Å². The van der Waals surface area contributed by atoms with Gasteiger partial charge in [-0.05, 0) is 80.8 Å². The highest BCUT2D eigenvalue weighted by Gasteiger charge is 2.47. The number of hydrogen-bond donors (Lipinski definition) is 2. The molecule has 0 aromatic heterocycles. The first-order valence-electron chi connectivity index (χ1n) is 13.7. The molecule has 10 heteroatoms. The lowest BCUT2D eigenvalue weighted by atomic mass is 9.65. The summed E-state index contributed by atoms with van der Waals surface area (Å²) < 4.78 is 16.7. The van der Waals surface area contributed by atoms with Gasteiger partial charge in [0.2, 0.25) is 5.91 Å². The number of ether oxygens (including phenoxy) is 3. The molecule has 0 aliphatic carbocycles. The highest BCUT2D eigenvalue weighted by molar-refractivity contribution is 6.38. The molecule has 4 rings (SSSR count). The molecule has 1 unspecified atom stereocenters. The van der Waals surface area contributed by atoms with E-state index in [1.807, 2.05) is 29.2 Å². The number of nitrogens with two attached hydrogens (primary N) is 1. The largest absolute Gasteiger partial charge is 0.494 e. The maximum absolute atomic E-state index is 13.6. The van der Waals surface area contributed by atoms with Crippen molar-refractivity contribution in [2.45, 2.75) is 51.5 Å². The fourth-order valence-corrected chi connectivity index (χ4v) is 6.66. The highest BCUT2D eigenvalue weighted by atomic mass is 35.5. The third-order valence-corrected chi connectivity index (χ3v) is 8.24. The molecule has 3 aromatic carbocycles. The Morgan fingerprint density at radius 2 is 1.60 bits per heavy atom. The minimum atomic E-state index is -0.506. The lowest BCUT2D eigenvalue weighted by molar-refractivity contribution is -0.117. The topological polar surface area (TPSA) is 103 Å². The molecule has 0 spiro atoms. The Balaban J connectivity index is 1.80. The average Bonchev–Trinajstić information content (AvgIpc) is 2.92. The quantitative estimate of drug-likeness (QED) is 0.256. The molecule has 42 heavy (non-hydrogen) atoms. The summed E-state index contributed by atoms with van der Waals surface area (Å²) in [6.45, 7) is 8.97. The molecular weight excluding hydrogens is 577 g/mol. The Morgan fingerprint density at radius 3 is 2.14 bits per heavy atom. The van der Waals surface area contributed by atoms with E-state index in [0.29, 0.717) is 25.3 Å². The molecule has 0 saturated carbocycles. The summed E-state index contributed by atoms with van der Waals surface area (Å²) in [5.41, 5.74) is 7.95. The van der Waals surface area contributed by atoms with Gasteiger partial charge in [0.05, 0.1) is 30.9 Å². The number of fused-ring (bicyclic) bond motifs is 1. The molecule has 1 heterocycles. The standard InChI is InChI=1S/C32H37Cl2N3O5/c1-19(38)37-26-13-10-21(36-30(39)27-28(40-5)24(33)17-25(34)29(27)41-6)16-23(26)32(4,18-31(37,2)3)20-8-11-22(12-9-20)42-15-7-14-35/h8-13,16-17H,7,14-15,18,35H2,1-6H3,(H,36,39). The Labute approximate surface area is 257 Å². The Morgan fingerprint density at radius 1 is 0.976 bits per heavy atom. The molecule has 0 radical (unpaired) electrons. The second kappa shape index (κ2) is 12.4. The summed E-state index contributed by atoms with van der Waals surface area (Å²) in [5, 5.41) is 3.32. The summed E-state index contributed by atoms with van der Waals surface area (Å²) in [4.78, 5) is 28.4. The van der Waals surface area contributed by atoms with Gasteiger partial charge in [-0.25, -0.2) is 0 Å². The van der Waals surface area contributed by atoms with Crippen LogP contribution in [-0.2, 0) is 10.2 Å². The van der Waals surface area contributed by atoms with Gasteiger partial charge in [-0.1, -0.05) is 42.3 Å². The van der Waals surface area contributed by atoms with Crippen LogP contribution in [0.4, 0.5) is 11.4 Å². The van der Waals surface area contributed by atoms with Gasteiger partial charge in [0.25, 0.3) is 5.91 Å². The summed E-state index contributed by atoms with van der Waals surface area (Å²) >= 11 is 12.7. The van der Waals surface area contributed by atoms with Crippen LogP contribution >= 0.6 is 23.2 Å². The third-order valence-electron chi connectivity index (χ3n) is 7.68. The SMILES string of the molecule is COc1c(Cl)cc(Cl)c(OC)c1C(=O)Nc1ccc2c(c1)C(C)(c1ccc(OCCCN)cc1)CC(C)(C)N2C(C)=O. The Hall–Kier alpha value is -3.46. The van der Waals surface area contributed by atoms with Crippen molar-refractivity contribution in [2.75, 3.05) is 37.6 Å². The van der Waals surface area contributed by atoms with Gasteiger partial charge in [0.1, 0.15) is 11.3 Å². The van der Waals surface area contributed by atoms with Gasteiger partial charge < -0.3 is 30.2 Å². The second-order valence-electron chi connectivity index (χ2n) is 11.2. The van der Waals surface area contributed by atoms with Gasteiger partial charge in [-0.2, -0.15) is 0 Å². The predicted octanol–water partition coefficient (Wildman–Crippen LogP) is 6.83. The van der Waals surface area contributed by atoms with E-state index in [0.717, 1.165) is 29.0 Å². The monoisotopic (exact) mass is 613 g/mol. The Kier molecular flexibility index (Phi) is 9.30. The summed E-state index contributed by atoms with van der Waals surface area (Å²) in [6.07, 6.45) is 1.42. The van der Waals surface area contributed by atoms with E-state index in [9.17, 15) is 9.59 Å². The smallest absolute Gasteiger partial charge is 0.263 e. The summed E-state index contributed by atoms with van der Waals surface area (Å²) in [5.74, 6) is 0.494. The van der Waals surface area contributed by atoms with Crippen molar-refractivity contribution in [1.29, 1.82) is 0 Å².